The van der Waals surface area contributed by atoms with Crippen LogP contribution in [-0.2, 0) is 6.42 Å². The van der Waals surface area contributed by atoms with E-state index in [4.69, 9.17) is 17.3 Å². The number of anilines is 2. The Kier molecular flexibility index (Phi) is 5.87. The number of amides is 1. The van der Waals surface area contributed by atoms with Crippen LogP contribution in [0.2, 0.25) is 5.02 Å². The molecule has 1 aromatic carbocycles. The first-order valence-corrected chi connectivity index (χ1v) is 9.03. The minimum atomic E-state index is -0.198. The number of fused-ring (bicyclic) bond motifs is 1. The highest BCUT2D eigenvalue weighted by molar-refractivity contribution is 6.35. The number of benzene rings is 1. The lowest BCUT2D eigenvalue weighted by atomic mass is 10.1. The zero-order chi connectivity index (χ0) is 20.1. The average Bonchev–Trinajstić information content (AvgIpc) is 2.68. The largest absolute Gasteiger partial charge is 0.382 e. The molecule has 4 N–H and O–H groups in total. The molecule has 1 amide bonds. The fourth-order valence-electron chi connectivity index (χ4n) is 2.79. The molecule has 0 aliphatic rings. The van der Waals surface area contributed by atoms with Gasteiger partial charge in [0.2, 0.25) is 0 Å². The Morgan fingerprint density at radius 3 is 2.93 bits per heavy atom. The molecule has 0 radical (unpaired) electrons. The summed E-state index contributed by atoms with van der Waals surface area (Å²) >= 11 is 6.26. The molecule has 0 fully saturated rings. The van der Waals surface area contributed by atoms with Crippen molar-refractivity contribution in [1.29, 1.82) is 5.26 Å². The molecule has 142 valence electrons. The van der Waals surface area contributed by atoms with Crippen LogP contribution in [0.25, 0.3) is 10.9 Å². The summed E-state index contributed by atoms with van der Waals surface area (Å²) in [5.41, 5.74) is 7.60. The third kappa shape index (κ3) is 3.94. The van der Waals surface area contributed by atoms with Crippen molar-refractivity contribution in [2.24, 2.45) is 0 Å². The smallest absolute Gasteiger partial charge is 0.253 e. The first-order valence-electron chi connectivity index (χ1n) is 8.66. The summed E-state index contributed by atoms with van der Waals surface area (Å²) in [6.45, 7) is 2.75. The van der Waals surface area contributed by atoms with E-state index in [1.807, 2.05) is 25.1 Å². The Hall–Kier alpha value is -3.44. The van der Waals surface area contributed by atoms with Gasteiger partial charge in [-0.15, -0.1) is 0 Å². The summed E-state index contributed by atoms with van der Waals surface area (Å²) in [5.74, 6) is 0.253. The average molecular weight is 396 g/mol. The van der Waals surface area contributed by atoms with Crippen LogP contribution in [0.15, 0.2) is 30.6 Å². The third-order valence-corrected chi connectivity index (χ3v) is 4.41. The van der Waals surface area contributed by atoms with Crippen molar-refractivity contribution in [1.82, 2.24) is 20.3 Å². The minimum absolute atomic E-state index is 0.110. The van der Waals surface area contributed by atoms with Crippen molar-refractivity contribution in [3.63, 3.8) is 0 Å². The van der Waals surface area contributed by atoms with Gasteiger partial charge in [-0.2, -0.15) is 5.26 Å². The Bertz CT molecular complexity index is 1080. The number of nitrogens with two attached hydrogens (primary N) is 1. The van der Waals surface area contributed by atoms with Crippen LogP contribution in [0.1, 0.15) is 28.5 Å². The Morgan fingerprint density at radius 2 is 2.18 bits per heavy atom. The van der Waals surface area contributed by atoms with E-state index in [2.05, 4.69) is 25.6 Å². The molecule has 0 unspecified atom stereocenters. The second-order valence-corrected chi connectivity index (χ2v) is 6.33. The van der Waals surface area contributed by atoms with Crippen molar-refractivity contribution in [3.8, 4) is 6.07 Å². The van der Waals surface area contributed by atoms with E-state index < -0.39 is 0 Å². The SMILES string of the molecule is CCNC(=O)c1cc2cccc(Cl)c2nc1CCNc1ncnc(N)c1C#N. The highest BCUT2D eigenvalue weighted by atomic mass is 35.5. The van der Waals surface area contributed by atoms with E-state index in [-0.39, 0.29) is 17.3 Å². The van der Waals surface area contributed by atoms with Crippen molar-refractivity contribution in [3.05, 3.63) is 52.4 Å². The number of carbonyl (C=O) groups is 1. The fourth-order valence-corrected chi connectivity index (χ4v) is 3.01. The highest BCUT2D eigenvalue weighted by Crippen LogP contribution is 2.24. The first-order chi connectivity index (χ1) is 13.5. The molecule has 28 heavy (non-hydrogen) atoms. The van der Waals surface area contributed by atoms with Gasteiger partial charge in [-0.1, -0.05) is 23.7 Å². The van der Waals surface area contributed by atoms with Crippen LogP contribution in [-0.4, -0.2) is 33.9 Å². The van der Waals surface area contributed by atoms with Gasteiger partial charge in [-0.25, -0.2) is 9.97 Å². The molecule has 0 spiro atoms. The van der Waals surface area contributed by atoms with E-state index in [0.717, 1.165) is 5.39 Å². The summed E-state index contributed by atoms with van der Waals surface area (Å²) in [4.78, 5) is 25.0. The Balaban J connectivity index is 1.90. The fraction of sp³-hybridized carbons (Fsp3) is 0.211. The van der Waals surface area contributed by atoms with Gasteiger partial charge < -0.3 is 16.4 Å². The summed E-state index contributed by atoms with van der Waals surface area (Å²) in [6.07, 6.45) is 1.70. The van der Waals surface area contributed by atoms with E-state index in [0.29, 0.717) is 47.1 Å². The lowest BCUT2D eigenvalue weighted by Crippen LogP contribution is -2.25. The second-order valence-electron chi connectivity index (χ2n) is 5.92. The summed E-state index contributed by atoms with van der Waals surface area (Å²) in [7, 11) is 0. The number of nitrogens with zero attached hydrogens (tertiary/aromatic N) is 4. The molecule has 2 aromatic heterocycles. The predicted molar refractivity (Wildman–Crippen MR) is 108 cm³/mol. The van der Waals surface area contributed by atoms with Gasteiger partial charge >= 0.3 is 0 Å². The maximum Gasteiger partial charge on any atom is 0.253 e. The van der Waals surface area contributed by atoms with Gasteiger partial charge in [0.05, 0.1) is 21.8 Å². The van der Waals surface area contributed by atoms with E-state index in [1.165, 1.54) is 6.33 Å². The molecule has 9 heteroatoms. The molecule has 0 atom stereocenters. The van der Waals surface area contributed by atoms with Gasteiger partial charge in [-0.05, 0) is 19.1 Å². The molecule has 0 aliphatic heterocycles. The normalized spacial score (nSPS) is 10.5. The van der Waals surface area contributed by atoms with Crippen LogP contribution in [0.4, 0.5) is 11.6 Å². The van der Waals surface area contributed by atoms with Crippen LogP contribution in [0.3, 0.4) is 0 Å². The van der Waals surface area contributed by atoms with Gasteiger partial charge in [0, 0.05) is 24.9 Å². The quantitative estimate of drug-likeness (QED) is 0.584. The lowest BCUT2D eigenvalue weighted by molar-refractivity contribution is 0.0954. The molecule has 0 aliphatic carbocycles. The highest BCUT2D eigenvalue weighted by Gasteiger charge is 2.15. The molecule has 0 saturated carbocycles. The van der Waals surface area contributed by atoms with Gasteiger partial charge in [0.25, 0.3) is 5.91 Å². The number of aromatic nitrogens is 3. The van der Waals surface area contributed by atoms with Gasteiger partial charge in [0.1, 0.15) is 29.6 Å². The predicted octanol–water partition coefficient (Wildman–Crippen LogP) is 2.54. The maximum atomic E-state index is 12.5. The minimum Gasteiger partial charge on any atom is -0.382 e. The Morgan fingerprint density at radius 1 is 1.36 bits per heavy atom. The maximum absolute atomic E-state index is 12.5. The molecule has 3 rings (SSSR count). The Labute approximate surface area is 166 Å². The van der Waals surface area contributed by atoms with Gasteiger partial charge in [0.15, 0.2) is 0 Å². The van der Waals surface area contributed by atoms with E-state index in [9.17, 15) is 10.1 Å². The summed E-state index contributed by atoms with van der Waals surface area (Å²) in [6, 6.07) is 9.21. The van der Waals surface area contributed by atoms with Crippen molar-refractivity contribution >= 4 is 40.0 Å². The first kappa shape index (κ1) is 19.3. The summed E-state index contributed by atoms with van der Waals surface area (Å²) < 4.78 is 0. The number of pyridine rings is 1. The zero-order valence-corrected chi connectivity index (χ0v) is 15.9. The number of rotatable bonds is 6. The van der Waals surface area contributed by atoms with Crippen molar-refractivity contribution in [2.45, 2.75) is 13.3 Å². The van der Waals surface area contributed by atoms with Crippen molar-refractivity contribution < 1.29 is 4.79 Å². The number of nitrogen functional groups attached to an aromatic ring is 1. The molecule has 0 saturated heterocycles. The monoisotopic (exact) mass is 395 g/mol. The lowest BCUT2D eigenvalue weighted by Gasteiger charge is -2.12. The molecule has 3 aromatic rings. The topological polar surface area (TPSA) is 130 Å². The summed E-state index contributed by atoms with van der Waals surface area (Å²) in [5, 5.41) is 16.4. The van der Waals surface area contributed by atoms with Crippen LogP contribution >= 0.6 is 11.6 Å². The number of para-hydroxylation sites is 1. The van der Waals surface area contributed by atoms with Crippen LogP contribution in [0, 0.1) is 11.3 Å². The number of hydrogen-bond donors (Lipinski definition) is 3. The molecule has 0 bridgehead atoms. The number of nitriles is 1. The van der Waals surface area contributed by atoms with E-state index >= 15 is 0 Å². The van der Waals surface area contributed by atoms with Crippen LogP contribution in [0.5, 0.6) is 0 Å². The number of nitrogens with one attached hydrogen (secondary N) is 2. The van der Waals surface area contributed by atoms with E-state index in [1.54, 1.807) is 12.1 Å². The molecular formula is C19H18ClN7O. The number of hydrogen-bond acceptors (Lipinski definition) is 7. The van der Waals surface area contributed by atoms with Crippen molar-refractivity contribution in [2.75, 3.05) is 24.1 Å². The number of halogens is 1. The standard InChI is InChI=1S/C19H18ClN7O/c1-2-23-19(28)12-8-11-4-3-5-14(20)16(11)27-15(12)6-7-24-18-13(9-21)17(22)25-10-26-18/h3-5,8,10H,2,6-7H2,1H3,(H,23,28)(H3,22,24,25,26). The van der Waals surface area contributed by atoms with Crippen LogP contribution < -0.4 is 16.4 Å². The molecular weight excluding hydrogens is 378 g/mol. The zero-order valence-electron chi connectivity index (χ0n) is 15.2. The van der Waals surface area contributed by atoms with Gasteiger partial charge in [-0.3, -0.25) is 9.78 Å². The third-order valence-electron chi connectivity index (χ3n) is 4.10. The number of carbonyl (C=O) groups excluding carboxylic acids is 1. The molecule has 2 heterocycles. The second kappa shape index (κ2) is 8.50. The molecule has 8 nitrogen and oxygen atoms in total.